The van der Waals surface area contributed by atoms with Crippen molar-refractivity contribution in [2.45, 2.75) is 27.7 Å². The summed E-state index contributed by atoms with van der Waals surface area (Å²) in [5, 5.41) is 0. The van der Waals surface area contributed by atoms with Gasteiger partial charge in [0.05, 0.1) is 6.54 Å². The molecule has 0 radical (unpaired) electrons. The number of rotatable bonds is 2. The van der Waals surface area contributed by atoms with Gasteiger partial charge in [-0.1, -0.05) is 24.6 Å². The average molecular weight is 203 g/mol. The van der Waals surface area contributed by atoms with Gasteiger partial charge in [0.25, 0.3) is 0 Å². The van der Waals surface area contributed by atoms with Crippen LogP contribution in [-0.4, -0.2) is 12.6 Å². The third kappa shape index (κ3) is 2.54. The van der Waals surface area contributed by atoms with Crippen molar-refractivity contribution in [3.05, 3.63) is 34.4 Å². The van der Waals surface area contributed by atoms with Crippen LogP contribution in [0.3, 0.4) is 0 Å². The Morgan fingerprint density at radius 3 is 2.67 bits per heavy atom. The van der Waals surface area contributed by atoms with E-state index in [2.05, 4.69) is 44.8 Å². The summed E-state index contributed by atoms with van der Waals surface area (Å²) in [5.74, 6) is 0.358. The van der Waals surface area contributed by atoms with Crippen LogP contribution in [0.15, 0.2) is 39.4 Å². The number of carbonyl (C=O) groups excluding carboxylic acids is 1. The summed E-state index contributed by atoms with van der Waals surface area (Å²) >= 11 is 0. The van der Waals surface area contributed by atoms with E-state index in [0.717, 1.165) is 0 Å². The molecule has 2 heteroatoms. The second kappa shape index (κ2) is 4.90. The first kappa shape index (κ1) is 11.7. The molecule has 80 valence electrons. The zero-order valence-corrected chi connectivity index (χ0v) is 9.79. The molecule has 0 heterocycles. The van der Waals surface area contributed by atoms with E-state index >= 15 is 0 Å². The number of hydrogen-bond acceptors (Lipinski definition) is 2. The Hall–Kier alpha value is -1.40. The molecule has 1 rings (SSSR count). The number of nitrogens with zero attached hydrogens (tertiary/aromatic N) is 1. The summed E-state index contributed by atoms with van der Waals surface area (Å²) in [6.45, 7) is 8.98. The molecule has 0 bridgehead atoms. The molecule has 1 aliphatic carbocycles. The topological polar surface area (TPSA) is 29.4 Å². The quantitative estimate of drug-likeness (QED) is 0.500. The maximum absolute atomic E-state index is 10.1. The predicted octanol–water partition coefficient (Wildman–Crippen LogP) is 3.18. The highest BCUT2D eigenvalue weighted by molar-refractivity contribution is 5.46. The first-order chi connectivity index (χ1) is 7.07. The lowest BCUT2D eigenvalue weighted by atomic mass is 9.82. The number of allylic oxidation sites excluding steroid dienone is 5. The lowest BCUT2D eigenvalue weighted by Crippen LogP contribution is -2.11. The van der Waals surface area contributed by atoms with E-state index in [-0.39, 0.29) is 0 Å². The average Bonchev–Trinajstić information content (AvgIpc) is 2.16. The Morgan fingerprint density at radius 1 is 1.47 bits per heavy atom. The van der Waals surface area contributed by atoms with Crippen LogP contribution in [0.4, 0.5) is 0 Å². The van der Waals surface area contributed by atoms with Gasteiger partial charge < -0.3 is 0 Å². The van der Waals surface area contributed by atoms with Crippen LogP contribution in [0.1, 0.15) is 27.7 Å². The maximum Gasteiger partial charge on any atom is 0.235 e. The fourth-order valence-electron chi connectivity index (χ4n) is 2.13. The standard InChI is InChI=1S/C13H17NO/c1-9(2)13-10(3)5-6-12(11(13)4)7-14-8-15/h5-6,11H,7H2,1-4H3. The molecule has 2 nitrogen and oxygen atoms in total. The van der Waals surface area contributed by atoms with E-state index < -0.39 is 0 Å². The van der Waals surface area contributed by atoms with Gasteiger partial charge in [0.15, 0.2) is 0 Å². The summed E-state index contributed by atoms with van der Waals surface area (Å²) in [6.07, 6.45) is 5.75. The second-order valence-electron chi connectivity index (χ2n) is 4.13. The van der Waals surface area contributed by atoms with E-state index in [0.29, 0.717) is 12.5 Å². The summed E-state index contributed by atoms with van der Waals surface area (Å²) in [5.41, 5.74) is 5.19. The fourth-order valence-corrected chi connectivity index (χ4v) is 2.13. The molecule has 1 aliphatic rings. The van der Waals surface area contributed by atoms with E-state index in [1.54, 1.807) is 6.08 Å². The molecule has 0 N–H and O–H groups in total. The lowest BCUT2D eigenvalue weighted by molar-refractivity contribution is 0.563. The summed E-state index contributed by atoms with van der Waals surface area (Å²) < 4.78 is 0. The van der Waals surface area contributed by atoms with Crippen molar-refractivity contribution in [1.29, 1.82) is 0 Å². The first-order valence-corrected chi connectivity index (χ1v) is 5.16. The van der Waals surface area contributed by atoms with Gasteiger partial charge in [-0.25, -0.2) is 9.79 Å². The van der Waals surface area contributed by atoms with E-state index in [4.69, 9.17) is 0 Å². The Balaban J connectivity index is 3.05. The van der Waals surface area contributed by atoms with Crippen LogP contribution in [-0.2, 0) is 4.79 Å². The molecule has 0 aromatic heterocycles. The SMILES string of the molecule is CC1=CC=C(CN=C=O)C(C)C1=C(C)C. The molecule has 0 aliphatic heterocycles. The first-order valence-electron chi connectivity index (χ1n) is 5.16. The van der Waals surface area contributed by atoms with Crippen LogP contribution in [0.5, 0.6) is 0 Å². The highest BCUT2D eigenvalue weighted by Crippen LogP contribution is 2.32. The van der Waals surface area contributed by atoms with Crippen LogP contribution < -0.4 is 0 Å². The highest BCUT2D eigenvalue weighted by atomic mass is 16.1. The van der Waals surface area contributed by atoms with E-state index in [1.807, 2.05) is 0 Å². The summed E-state index contributed by atoms with van der Waals surface area (Å²) in [6, 6.07) is 0. The Bertz CT molecular complexity index is 389. The van der Waals surface area contributed by atoms with Crippen LogP contribution in [0.25, 0.3) is 0 Å². The molecule has 15 heavy (non-hydrogen) atoms. The van der Waals surface area contributed by atoms with Crippen molar-refractivity contribution >= 4 is 6.08 Å². The minimum atomic E-state index is 0.358. The third-order valence-electron chi connectivity index (χ3n) is 2.83. The van der Waals surface area contributed by atoms with Crippen molar-refractivity contribution in [2.24, 2.45) is 10.9 Å². The summed E-state index contributed by atoms with van der Waals surface area (Å²) in [7, 11) is 0. The minimum absolute atomic E-state index is 0.358. The highest BCUT2D eigenvalue weighted by Gasteiger charge is 2.19. The predicted molar refractivity (Wildman–Crippen MR) is 62.4 cm³/mol. The largest absolute Gasteiger partial charge is 0.235 e. The number of isocyanates is 1. The van der Waals surface area contributed by atoms with Gasteiger partial charge in [-0.2, -0.15) is 0 Å². The molecular formula is C13H17NO. The Morgan fingerprint density at radius 2 is 2.13 bits per heavy atom. The Labute approximate surface area is 91.1 Å². The number of aliphatic imine (C=N–C) groups is 1. The van der Waals surface area contributed by atoms with Gasteiger partial charge in [-0.05, 0) is 37.5 Å². The zero-order chi connectivity index (χ0) is 11.4. The summed E-state index contributed by atoms with van der Waals surface area (Å²) in [4.78, 5) is 13.7. The van der Waals surface area contributed by atoms with Crippen LogP contribution in [0.2, 0.25) is 0 Å². The monoisotopic (exact) mass is 203 g/mol. The second-order valence-corrected chi connectivity index (χ2v) is 4.13. The van der Waals surface area contributed by atoms with Gasteiger partial charge in [-0.15, -0.1) is 0 Å². The van der Waals surface area contributed by atoms with Gasteiger partial charge >= 0.3 is 0 Å². The van der Waals surface area contributed by atoms with Crippen LogP contribution >= 0.6 is 0 Å². The molecular weight excluding hydrogens is 186 g/mol. The van der Waals surface area contributed by atoms with Gasteiger partial charge in [-0.3, -0.25) is 0 Å². The number of hydrogen-bond donors (Lipinski definition) is 0. The molecule has 0 aromatic carbocycles. The molecule has 0 saturated heterocycles. The molecule has 0 aromatic rings. The third-order valence-corrected chi connectivity index (χ3v) is 2.83. The zero-order valence-electron chi connectivity index (χ0n) is 9.79. The Kier molecular flexibility index (Phi) is 3.81. The minimum Gasteiger partial charge on any atom is -0.211 e. The lowest BCUT2D eigenvalue weighted by Gasteiger charge is -2.24. The molecule has 0 amide bonds. The molecule has 0 saturated carbocycles. The molecule has 1 unspecified atom stereocenters. The van der Waals surface area contributed by atoms with E-state index in [9.17, 15) is 4.79 Å². The molecule has 1 atom stereocenters. The van der Waals surface area contributed by atoms with Gasteiger partial charge in [0.1, 0.15) is 0 Å². The normalized spacial score (nSPS) is 20.3. The van der Waals surface area contributed by atoms with Crippen molar-refractivity contribution < 1.29 is 4.79 Å². The molecule has 0 spiro atoms. The van der Waals surface area contributed by atoms with Crippen molar-refractivity contribution in [3.63, 3.8) is 0 Å². The van der Waals surface area contributed by atoms with Crippen molar-refractivity contribution in [1.82, 2.24) is 0 Å². The fraction of sp³-hybridized carbons (Fsp3) is 0.462. The van der Waals surface area contributed by atoms with Gasteiger partial charge in [0, 0.05) is 5.92 Å². The van der Waals surface area contributed by atoms with Crippen molar-refractivity contribution in [3.8, 4) is 0 Å². The maximum atomic E-state index is 10.1. The van der Waals surface area contributed by atoms with Crippen molar-refractivity contribution in [2.75, 3.05) is 6.54 Å². The molecule has 0 fully saturated rings. The van der Waals surface area contributed by atoms with E-state index in [1.165, 1.54) is 22.3 Å². The van der Waals surface area contributed by atoms with Crippen LogP contribution in [0, 0.1) is 5.92 Å². The van der Waals surface area contributed by atoms with Gasteiger partial charge in [0.2, 0.25) is 6.08 Å². The smallest absolute Gasteiger partial charge is 0.211 e.